The Kier molecular flexibility index (Phi) is 4.17. The van der Waals surface area contributed by atoms with E-state index in [9.17, 15) is 4.79 Å². The molecule has 0 aliphatic heterocycles. The fourth-order valence-electron chi connectivity index (χ4n) is 2.74. The normalized spacial score (nSPS) is 11.0. The van der Waals surface area contributed by atoms with Crippen LogP contribution in [-0.2, 0) is 7.05 Å². The molecule has 132 valence electrons. The lowest BCUT2D eigenvalue weighted by atomic mass is 10.1. The molecule has 4 rings (SSSR count). The van der Waals surface area contributed by atoms with Crippen molar-refractivity contribution in [2.45, 2.75) is 13.8 Å². The van der Waals surface area contributed by atoms with Crippen LogP contribution in [0.5, 0.6) is 0 Å². The molecule has 7 nitrogen and oxygen atoms in total. The first kappa shape index (κ1) is 16.7. The summed E-state index contributed by atoms with van der Waals surface area (Å²) in [6.07, 6.45) is 0. The topological polar surface area (TPSA) is 88.5 Å². The summed E-state index contributed by atoms with van der Waals surface area (Å²) in [5, 5.41) is 18.8. The van der Waals surface area contributed by atoms with E-state index in [1.807, 2.05) is 43.8 Å². The SMILES string of the molecule is Cc1nn(C)c(C)c1-c1cc(C(=O)Nc2nc(-c3cccs3)cs2)[nH]n1. The lowest BCUT2D eigenvalue weighted by Crippen LogP contribution is -2.12. The molecule has 4 aromatic heterocycles. The maximum Gasteiger partial charge on any atom is 0.275 e. The summed E-state index contributed by atoms with van der Waals surface area (Å²) in [4.78, 5) is 18.0. The van der Waals surface area contributed by atoms with Gasteiger partial charge in [0, 0.05) is 23.7 Å². The molecular formula is C17H16N6OS2. The molecule has 0 atom stereocenters. The molecule has 0 unspecified atom stereocenters. The van der Waals surface area contributed by atoms with Crippen LogP contribution in [-0.4, -0.2) is 30.9 Å². The average molecular weight is 384 g/mol. The fourth-order valence-corrected chi connectivity index (χ4v) is 4.21. The Bertz CT molecular complexity index is 1070. The molecule has 0 bridgehead atoms. The number of carbonyl (C=O) groups is 1. The first-order chi connectivity index (χ1) is 12.5. The lowest BCUT2D eigenvalue weighted by molar-refractivity contribution is 0.102. The predicted molar refractivity (Wildman–Crippen MR) is 104 cm³/mol. The molecule has 0 aromatic carbocycles. The van der Waals surface area contributed by atoms with Crippen LogP contribution in [0, 0.1) is 13.8 Å². The highest BCUT2D eigenvalue weighted by Gasteiger charge is 2.18. The molecule has 0 saturated carbocycles. The summed E-state index contributed by atoms with van der Waals surface area (Å²) < 4.78 is 1.81. The Labute approximate surface area is 157 Å². The van der Waals surface area contributed by atoms with Gasteiger partial charge >= 0.3 is 0 Å². The fraction of sp³-hybridized carbons (Fsp3) is 0.176. The van der Waals surface area contributed by atoms with E-state index in [1.165, 1.54) is 11.3 Å². The third-order valence-corrected chi connectivity index (χ3v) is 5.74. The standard InChI is InChI=1S/C17H16N6OS2/c1-9-15(10(2)23(3)22-9)11-7-12(21-20-11)16(24)19-17-18-13(8-26-17)14-5-4-6-25-14/h4-8H,1-3H3,(H,20,21)(H,18,19,24). The first-order valence-corrected chi connectivity index (χ1v) is 9.65. The van der Waals surface area contributed by atoms with Crippen LogP contribution >= 0.6 is 22.7 Å². The molecule has 9 heteroatoms. The van der Waals surface area contributed by atoms with Crippen molar-refractivity contribution in [1.29, 1.82) is 0 Å². The van der Waals surface area contributed by atoms with Gasteiger partial charge in [0.1, 0.15) is 5.69 Å². The number of aromatic amines is 1. The van der Waals surface area contributed by atoms with Crippen molar-refractivity contribution in [2.24, 2.45) is 7.05 Å². The van der Waals surface area contributed by atoms with Crippen LogP contribution in [0.25, 0.3) is 21.8 Å². The summed E-state index contributed by atoms with van der Waals surface area (Å²) >= 11 is 3.02. The summed E-state index contributed by atoms with van der Waals surface area (Å²) in [5.41, 5.74) is 4.78. The second kappa shape index (κ2) is 6.50. The van der Waals surface area contributed by atoms with Gasteiger partial charge in [-0.25, -0.2) is 4.98 Å². The monoisotopic (exact) mass is 384 g/mol. The van der Waals surface area contributed by atoms with Gasteiger partial charge < -0.3 is 0 Å². The zero-order valence-corrected chi connectivity index (χ0v) is 16.0. The number of rotatable bonds is 4. The third kappa shape index (κ3) is 2.95. The number of nitrogens with zero attached hydrogens (tertiary/aromatic N) is 4. The van der Waals surface area contributed by atoms with Gasteiger partial charge in [0.25, 0.3) is 5.91 Å². The van der Waals surface area contributed by atoms with E-state index in [0.717, 1.165) is 27.5 Å². The average Bonchev–Trinajstić information content (AvgIpc) is 3.37. The molecule has 0 spiro atoms. The van der Waals surface area contributed by atoms with Crippen molar-refractivity contribution >= 4 is 33.7 Å². The van der Waals surface area contributed by atoms with Gasteiger partial charge in [-0.15, -0.1) is 22.7 Å². The number of thiophene rings is 1. The Morgan fingerprint density at radius 3 is 2.81 bits per heavy atom. The number of aryl methyl sites for hydroxylation is 2. The van der Waals surface area contributed by atoms with Crippen molar-refractivity contribution in [3.8, 4) is 21.8 Å². The van der Waals surface area contributed by atoms with E-state index >= 15 is 0 Å². The summed E-state index contributed by atoms with van der Waals surface area (Å²) in [7, 11) is 1.89. The van der Waals surface area contributed by atoms with Crippen molar-refractivity contribution in [3.05, 3.63) is 46.0 Å². The second-order valence-electron chi connectivity index (χ2n) is 5.81. The van der Waals surface area contributed by atoms with Crippen LogP contribution in [0.3, 0.4) is 0 Å². The van der Waals surface area contributed by atoms with E-state index in [-0.39, 0.29) is 5.91 Å². The molecule has 1 amide bonds. The van der Waals surface area contributed by atoms with Crippen LogP contribution in [0.15, 0.2) is 29.0 Å². The van der Waals surface area contributed by atoms with Crippen LogP contribution < -0.4 is 5.32 Å². The summed E-state index contributed by atoms with van der Waals surface area (Å²) in [5.74, 6) is -0.268. The molecule has 26 heavy (non-hydrogen) atoms. The zero-order chi connectivity index (χ0) is 18.3. The van der Waals surface area contributed by atoms with E-state index in [1.54, 1.807) is 22.1 Å². The number of hydrogen-bond donors (Lipinski definition) is 2. The summed E-state index contributed by atoms with van der Waals surface area (Å²) in [6, 6.07) is 5.72. The van der Waals surface area contributed by atoms with Gasteiger partial charge in [0.2, 0.25) is 0 Å². The van der Waals surface area contributed by atoms with E-state index < -0.39 is 0 Å². The number of nitrogens with one attached hydrogen (secondary N) is 2. The van der Waals surface area contributed by atoms with Gasteiger partial charge in [-0.05, 0) is 31.4 Å². The molecule has 0 aliphatic rings. The van der Waals surface area contributed by atoms with E-state index in [0.29, 0.717) is 16.5 Å². The predicted octanol–water partition coefficient (Wildman–Crippen LogP) is 3.86. The number of thiazole rings is 1. The number of amides is 1. The second-order valence-corrected chi connectivity index (χ2v) is 7.61. The van der Waals surface area contributed by atoms with Crippen LogP contribution in [0.1, 0.15) is 21.9 Å². The number of aromatic nitrogens is 5. The molecule has 4 aromatic rings. The van der Waals surface area contributed by atoms with Crippen molar-refractivity contribution in [2.75, 3.05) is 5.32 Å². The first-order valence-electron chi connectivity index (χ1n) is 7.89. The minimum atomic E-state index is -0.268. The third-order valence-electron chi connectivity index (χ3n) is 4.09. The number of anilines is 1. The number of hydrogen-bond acceptors (Lipinski definition) is 6. The number of carbonyl (C=O) groups excluding carboxylic acids is 1. The maximum atomic E-state index is 12.5. The van der Waals surface area contributed by atoms with Crippen molar-refractivity contribution in [1.82, 2.24) is 25.0 Å². The molecule has 2 N–H and O–H groups in total. The minimum absolute atomic E-state index is 0.268. The van der Waals surface area contributed by atoms with Crippen LogP contribution in [0.4, 0.5) is 5.13 Å². The molecule has 4 heterocycles. The van der Waals surface area contributed by atoms with Gasteiger partial charge in [-0.2, -0.15) is 10.2 Å². The quantitative estimate of drug-likeness (QED) is 0.559. The molecule has 0 fully saturated rings. The highest BCUT2D eigenvalue weighted by molar-refractivity contribution is 7.16. The highest BCUT2D eigenvalue weighted by atomic mass is 32.1. The zero-order valence-electron chi connectivity index (χ0n) is 14.4. The van der Waals surface area contributed by atoms with Gasteiger partial charge in [-0.3, -0.25) is 19.9 Å². The molecular weight excluding hydrogens is 368 g/mol. The van der Waals surface area contributed by atoms with E-state index in [4.69, 9.17) is 0 Å². The largest absolute Gasteiger partial charge is 0.296 e. The molecule has 0 aliphatic carbocycles. The van der Waals surface area contributed by atoms with Gasteiger partial charge in [0.15, 0.2) is 5.13 Å². The minimum Gasteiger partial charge on any atom is -0.296 e. The van der Waals surface area contributed by atoms with Gasteiger partial charge in [0.05, 0.1) is 22.0 Å². The Balaban J connectivity index is 1.54. The Hall–Kier alpha value is -2.78. The molecule has 0 saturated heterocycles. The van der Waals surface area contributed by atoms with Gasteiger partial charge in [-0.1, -0.05) is 6.07 Å². The molecule has 0 radical (unpaired) electrons. The summed E-state index contributed by atoms with van der Waals surface area (Å²) in [6.45, 7) is 3.91. The Morgan fingerprint density at radius 2 is 2.12 bits per heavy atom. The van der Waals surface area contributed by atoms with Crippen LogP contribution in [0.2, 0.25) is 0 Å². The van der Waals surface area contributed by atoms with Crippen molar-refractivity contribution in [3.63, 3.8) is 0 Å². The van der Waals surface area contributed by atoms with Crippen molar-refractivity contribution < 1.29 is 4.79 Å². The Morgan fingerprint density at radius 1 is 1.27 bits per heavy atom. The van der Waals surface area contributed by atoms with E-state index in [2.05, 4.69) is 25.6 Å². The lowest BCUT2D eigenvalue weighted by Gasteiger charge is -1.98. The smallest absolute Gasteiger partial charge is 0.275 e. The maximum absolute atomic E-state index is 12.5. The number of H-pyrrole nitrogens is 1. The highest BCUT2D eigenvalue weighted by Crippen LogP contribution is 2.29.